The average molecular weight is 308 g/mol. The van der Waals surface area contributed by atoms with Crippen molar-refractivity contribution >= 4 is 23.2 Å². The van der Waals surface area contributed by atoms with Crippen molar-refractivity contribution in [3.63, 3.8) is 0 Å². The third-order valence-electron chi connectivity index (χ3n) is 4.98. The van der Waals surface area contributed by atoms with E-state index in [9.17, 15) is 4.79 Å². The first-order valence-electron chi connectivity index (χ1n) is 7.48. The fourth-order valence-electron chi connectivity index (χ4n) is 3.68. The smallest absolute Gasteiger partial charge is 0.238 e. The van der Waals surface area contributed by atoms with Crippen molar-refractivity contribution in [2.75, 3.05) is 31.5 Å². The van der Waals surface area contributed by atoms with E-state index in [1.54, 1.807) is 12.1 Å². The number of benzene rings is 1. The van der Waals surface area contributed by atoms with Crippen molar-refractivity contribution in [3.8, 4) is 0 Å². The van der Waals surface area contributed by atoms with Gasteiger partial charge in [0.05, 0.1) is 6.54 Å². The van der Waals surface area contributed by atoms with Gasteiger partial charge in [0, 0.05) is 29.3 Å². The molecular weight excluding hydrogens is 286 g/mol. The van der Waals surface area contributed by atoms with E-state index < -0.39 is 0 Å². The van der Waals surface area contributed by atoms with Gasteiger partial charge in [-0.1, -0.05) is 11.6 Å². The summed E-state index contributed by atoms with van der Waals surface area (Å²) in [6.07, 6.45) is 0. The van der Waals surface area contributed by atoms with Crippen molar-refractivity contribution in [2.24, 2.45) is 11.8 Å². The zero-order valence-electron chi connectivity index (χ0n) is 12.5. The number of rotatable bonds is 3. The van der Waals surface area contributed by atoms with Crippen molar-refractivity contribution < 1.29 is 4.79 Å². The van der Waals surface area contributed by atoms with Gasteiger partial charge in [-0.25, -0.2) is 0 Å². The Morgan fingerprint density at radius 1 is 1.38 bits per heavy atom. The highest BCUT2D eigenvalue weighted by atomic mass is 35.5. The van der Waals surface area contributed by atoms with Gasteiger partial charge in [0.25, 0.3) is 0 Å². The highest BCUT2D eigenvalue weighted by Gasteiger charge is 2.49. The summed E-state index contributed by atoms with van der Waals surface area (Å²) < 4.78 is 0. The van der Waals surface area contributed by atoms with Crippen LogP contribution in [-0.2, 0) is 4.79 Å². The number of nitrogens with one attached hydrogen (secondary N) is 2. The van der Waals surface area contributed by atoms with E-state index in [2.05, 4.69) is 29.4 Å². The van der Waals surface area contributed by atoms with E-state index in [-0.39, 0.29) is 11.4 Å². The molecule has 2 saturated heterocycles. The van der Waals surface area contributed by atoms with E-state index in [0.29, 0.717) is 23.4 Å². The standard InChI is InChI=1S/C16H22ClN3O/c1-16(2)14-8-18-7-11(14)9-20(16)10-15(21)19-13-5-3-12(17)4-6-13/h3-6,11,14,18H,7-10H2,1-2H3,(H,19,21). The molecule has 0 aliphatic carbocycles. The molecule has 1 aromatic carbocycles. The average Bonchev–Trinajstić information content (AvgIpc) is 2.97. The van der Waals surface area contributed by atoms with Gasteiger partial charge in [-0.15, -0.1) is 0 Å². The summed E-state index contributed by atoms with van der Waals surface area (Å²) in [6, 6.07) is 7.22. The Morgan fingerprint density at radius 3 is 2.76 bits per heavy atom. The SMILES string of the molecule is CC1(C)C2CNCC2CN1CC(=O)Nc1ccc(Cl)cc1. The minimum absolute atomic E-state index is 0.0401. The summed E-state index contributed by atoms with van der Waals surface area (Å²) in [5, 5.41) is 7.08. The lowest BCUT2D eigenvalue weighted by Crippen LogP contribution is -2.47. The van der Waals surface area contributed by atoms with Gasteiger partial charge < -0.3 is 10.6 Å². The molecule has 2 aliphatic heterocycles. The van der Waals surface area contributed by atoms with Crippen LogP contribution in [0, 0.1) is 11.8 Å². The van der Waals surface area contributed by atoms with E-state index in [1.807, 2.05) is 12.1 Å². The molecule has 1 aromatic rings. The van der Waals surface area contributed by atoms with Gasteiger partial charge in [-0.3, -0.25) is 9.69 Å². The molecule has 2 heterocycles. The summed E-state index contributed by atoms with van der Waals surface area (Å²) in [5.41, 5.74) is 0.870. The third-order valence-corrected chi connectivity index (χ3v) is 5.23. The molecule has 21 heavy (non-hydrogen) atoms. The molecule has 2 aliphatic rings. The molecule has 2 fully saturated rings. The minimum atomic E-state index is 0.0401. The number of fused-ring (bicyclic) bond motifs is 1. The Hall–Kier alpha value is -1.10. The molecular formula is C16H22ClN3O. The number of hydrogen-bond acceptors (Lipinski definition) is 3. The molecule has 0 saturated carbocycles. The minimum Gasteiger partial charge on any atom is -0.325 e. The fourth-order valence-corrected chi connectivity index (χ4v) is 3.81. The normalized spacial score (nSPS) is 27.6. The van der Waals surface area contributed by atoms with E-state index in [4.69, 9.17) is 11.6 Å². The summed E-state index contributed by atoms with van der Waals surface area (Å²) in [4.78, 5) is 14.6. The van der Waals surface area contributed by atoms with E-state index in [1.165, 1.54) is 0 Å². The predicted octanol–water partition coefficient (Wildman–Crippen LogP) is 2.21. The quantitative estimate of drug-likeness (QED) is 0.900. The molecule has 2 unspecified atom stereocenters. The first-order chi connectivity index (χ1) is 9.96. The van der Waals surface area contributed by atoms with E-state index in [0.717, 1.165) is 25.3 Å². The number of halogens is 1. The Bertz CT molecular complexity index is 529. The lowest BCUT2D eigenvalue weighted by atomic mass is 9.85. The predicted molar refractivity (Wildman–Crippen MR) is 85.6 cm³/mol. The maximum atomic E-state index is 12.3. The van der Waals surface area contributed by atoms with Crippen LogP contribution < -0.4 is 10.6 Å². The van der Waals surface area contributed by atoms with Gasteiger partial charge in [0.1, 0.15) is 0 Å². The van der Waals surface area contributed by atoms with Gasteiger partial charge in [0.2, 0.25) is 5.91 Å². The first-order valence-corrected chi connectivity index (χ1v) is 7.86. The lowest BCUT2D eigenvalue weighted by Gasteiger charge is -2.35. The number of anilines is 1. The topological polar surface area (TPSA) is 44.4 Å². The fraction of sp³-hybridized carbons (Fsp3) is 0.562. The van der Waals surface area contributed by atoms with Crippen molar-refractivity contribution in [3.05, 3.63) is 29.3 Å². The monoisotopic (exact) mass is 307 g/mol. The van der Waals surface area contributed by atoms with Crippen molar-refractivity contribution in [1.29, 1.82) is 0 Å². The molecule has 2 atom stereocenters. The third kappa shape index (κ3) is 2.93. The Morgan fingerprint density at radius 2 is 2.10 bits per heavy atom. The number of nitrogens with zero attached hydrogens (tertiary/aromatic N) is 1. The Kier molecular flexibility index (Phi) is 3.95. The Labute approximate surface area is 130 Å². The van der Waals surface area contributed by atoms with Crippen molar-refractivity contribution in [1.82, 2.24) is 10.2 Å². The highest BCUT2D eigenvalue weighted by molar-refractivity contribution is 6.30. The van der Waals surface area contributed by atoms with Crippen LogP contribution >= 0.6 is 11.6 Å². The van der Waals surface area contributed by atoms with Crippen LogP contribution in [0.3, 0.4) is 0 Å². The number of carbonyl (C=O) groups is 1. The summed E-state index contributed by atoms with van der Waals surface area (Å²) in [6.45, 7) is 8.08. The largest absolute Gasteiger partial charge is 0.325 e. The van der Waals surface area contributed by atoms with Gasteiger partial charge in [-0.05, 0) is 56.5 Å². The molecule has 3 rings (SSSR count). The number of amides is 1. The van der Waals surface area contributed by atoms with Crippen LogP contribution in [0.2, 0.25) is 5.02 Å². The Balaban J connectivity index is 1.61. The molecule has 0 spiro atoms. The maximum absolute atomic E-state index is 12.3. The van der Waals surface area contributed by atoms with Crippen LogP contribution in [0.25, 0.3) is 0 Å². The molecule has 0 bridgehead atoms. The van der Waals surface area contributed by atoms with Crippen LogP contribution in [-0.4, -0.2) is 42.5 Å². The molecule has 1 amide bonds. The molecule has 0 aromatic heterocycles. The zero-order chi connectivity index (χ0) is 15.0. The van der Waals surface area contributed by atoms with Crippen molar-refractivity contribution in [2.45, 2.75) is 19.4 Å². The summed E-state index contributed by atoms with van der Waals surface area (Å²) in [5.74, 6) is 1.35. The molecule has 114 valence electrons. The molecule has 0 radical (unpaired) electrons. The summed E-state index contributed by atoms with van der Waals surface area (Å²) >= 11 is 5.85. The molecule has 2 N–H and O–H groups in total. The second kappa shape index (κ2) is 5.59. The maximum Gasteiger partial charge on any atom is 0.238 e. The number of likely N-dealkylation sites (tertiary alicyclic amines) is 1. The van der Waals surface area contributed by atoms with Gasteiger partial charge >= 0.3 is 0 Å². The zero-order valence-corrected chi connectivity index (χ0v) is 13.3. The highest BCUT2D eigenvalue weighted by Crippen LogP contribution is 2.40. The van der Waals surface area contributed by atoms with Gasteiger partial charge in [0.15, 0.2) is 0 Å². The second-order valence-electron chi connectivity index (χ2n) is 6.61. The van der Waals surface area contributed by atoms with Crippen LogP contribution in [0.4, 0.5) is 5.69 Å². The lowest BCUT2D eigenvalue weighted by molar-refractivity contribution is -0.118. The van der Waals surface area contributed by atoms with E-state index >= 15 is 0 Å². The molecule has 5 heteroatoms. The van der Waals surface area contributed by atoms with Crippen LogP contribution in [0.1, 0.15) is 13.8 Å². The van der Waals surface area contributed by atoms with Crippen LogP contribution in [0.5, 0.6) is 0 Å². The van der Waals surface area contributed by atoms with Crippen LogP contribution in [0.15, 0.2) is 24.3 Å². The summed E-state index contributed by atoms with van der Waals surface area (Å²) in [7, 11) is 0. The number of hydrogen-bond donors (Lipinski definition) is 2. The molecule has 4 nitrogen and oxygen atoms in total. The number of carbonyl (C=O) groups excluding carboxylic acids is 1. The second-order valence-corrected chi connectivity index (χ2v) is 7.05. The first kappa shape index (κ1) is 14.8. The van der Waals surface area contributed by atoms with Gasteiger partial charge in [-0.2, -0.15) is 0 Å².